The number of rotatable bonds is 6. The highest BCUT2D eigenvalue weighted by atomic mass is 32.1. The molecule has 4 heteroatoms. The molecule has 0 aromatic carbocycles. The fourth-order valence-electron chi connectivity index (χ4n) is 1.65. The zero-order valence-electron chi connectivity index (χ0n) is 12.5. The molecule has 18 heavy (non-hydrogen) atoms. The van der Waals surface area contributed by atoms with Crippen LogP contribution in [0, 0.1) is 5.92 Å². The van der Waals surface area contributed by atoms with Crippen LogP contribution >= 0.6 is 11.3 Å². The largest absolute Gasteiger partial charge is 0.378 e. The zero-order chi connectivity index (χ0) is 13.8. The minimum absolute atomic E-state index is 0.139. The maximum Gasteiger partial charge on any atom is 0.119 e. The van der Waals surface area contributed by atoms with Crippen molar-refractivity contribution in [2.75, 3.05) is 7.11 Å². The van der Waals surface area contributed by atoms with Crippen molar-refractivity contribution in [3.8, 4) is 0 Å². The monoisotopic (exact) mass is 270 g/mol. The van der Waals surface area contributed by atoms with Gasteiger partial charge in [0.15, 0.2) is 0 Å². The number of nitrogens with one attached hydrogen (secondary N) is 1. The maximum atomic E-state index is 5.17. The summed E-state index contributed by atoms with van der Waals surface area (Å²) in [7, 11) is 1.72. The summed E-state index contributed by atoms with van der Waals surface area (Å²) < 4.78 is 5.17. The van der Waals surface area contributed by atoms with E-state index >= 15 is 0 Å². The first-order valence-electron chi connectivity index (χ1n) is 6.53. The number of methoxy groups -OCH3 is 1. The Hall–Kier alpha value is -0.450. The van der Waals surface area contributed by atoms with Crippen LogP contribution in [0.25, 0.3) is 0 Å². The molecule has 1 aromatic rings. The molecule has 0 spiro atoms. The quantitative estimate of drug-likeness (QED) is 0.860. The topological polar surface area (TPSA) is 34.1 Å². The lowest BCUT2D eigenvalue weighted by molar-refractivity contribution is 0.184. The lowest BCUT2D eigenvalue weighted by atomic mass is 10.1. The van der Waals surface area contributed by atoms with Crippen molar-refractivity contribution < 1.29 is 4.74 Å². The van der Waals surface area contributed by atoms with Crippen LogP contribution in [0.1, 0.15) is 50.2 Å². The zero-order valence-corrected chi connectivity index (χ0v) is 13.3. The smallest absolute Gasteiger partial charge is 0.119 e. The Balaban J connectivity index is 2.79. The van der Waals surface area contributed by atoms with E-state index in [2.05, 4.69) is 39.9 Å². The van der Waals surface area contributed by atoms with Crippen LogP contribution in [0.5, 0.6) is 0 Å². The summed E-state index contributed by atoms with van der Waals surface area (Å²) in [6, 6.07) is 0. The summed E-state index contributed by atoms with van der Waals surface area (Å²) >= 11 is 1.77. The van der Waals surface area contributed by atoms with Crippen molar-refractivity contribution in [1.82, 2.24) is 10.3 Å². The molecule has 0 atom stereocenters. The van der Waals surface area contributed by atoms with Gasteiger partial charge in [-0.15, -0.1) is 11.3 Å². The van der Waals surface area contributed by atoms with Gasteiger partial charge in [-0.3, -0.25) is 0 Å². The summed E-state index contributed by atoms with van der Waals surface area (Å²) in [4.78, 5) is 6.05. The van der Waals surface area contributed by atoms with Crippen molar-refractivity contribution in [3.05, 3.63) is 15.6 Å². The van der Waals surface area contributed by atoms with Crippen LogP contribution in [-0.2, 0) is 24.3 Å². The molecule has 0 radical (unpaired) electrons. The van der Waals surface area contributed by atoms with Crippen molar-refractivity contribution in [2.24, 2.45) is 5.92 Å². The molecule has 0 saturated heterocycles. The molecule has 1 N–H and O–H groups in total. The molecule has 0 amide bonds. The molecule has 0 aliphatic carbocycles. The first-order chi connectivity index (χ1) is 8.31. The number of ether oxygens (including phenoxy) is 1. The molecule has 1 rings (SSSR count). The third-order valence-corrected chi connectivity index (χ3v) is 3.54. The Labute approximate surface area is 115 Å². The number of hydrogen-bond donors (Lipinski definition) is 1. The van der Waals surface area contributed by atoms with Crippen LogP contribution in [0.4, 0.5) is 0 Å². The molecule has 0 aliphatic rings. The first-order valence-corrected chi connectivity index (χ1v) is 7.35. The van der Waals surface area contributed by atoms with Gasteiger partial charge < -0.3 is 10.1 Å². The van der Waals surface area contributed by atoms with Crippen LogP contribution in [0.2, 0.25) is 0 Å². The first kappa shape index (κ1) is 15.6. The van der Waals surface area contributed by atoms with Crippen molar-refractivity contribution >= 4 is 11.3 Å². The highest BCUT2D eigenvalue weighted by Crippen LogP contribution is 2.22. The fourth-order valence-corrected chi connectivity index (χ4v) is 2.66. The maximum absolute atomic E-state index is 5.17. The van der Waals surface area contributed by atoms with Gasteiger partial charge in [0.05, 0.1) is 12.3 Å². The molecule has 104 valence electrons. The predicted molar refractivity (Wildman–Crippen MR) is 78.0 cm³/mol. The second kappa shape index (κ2) is 6.64. The van der Waals surface area contributed by atoms with Gasteiger partial charge in [0, 0.05) is 24.1 Å². The Kier molecular flexibility index (Phi) is 5.76. The van der Waals surface area contributed by atoms with E-state index in [4.69, 9.17) is 9.72 Å². The third kappa shape index (κ3) is 5.46. The van der Waals surface area contributed by atoms with Crippen LogP contribution in [-0.4, -0.2) is 17.6 Å². The summed E-state index contributed by atoms with van der Waals surface area (Å²) in [5.74, 6) is 0.635. The summed E-state index contributed by atoms with van der Waals surface area (Å²) in [6.45, 7) is 12.5. The second-order valence-electron chi connectivity index (χ2n) is 6.11. The third-order valence-electron chi connectivity index (χ3n) is 2.47. The van der Waals surface area contributed by atoms with E-state index in [9.17, 15) is 0 Å². The van der Waals surface area contributed by atoms with Gasteiger partial charge in [-0.1, -0.05) is 13.8 Å². The van der Waals surface area contributed by atoms with E-state index in [1.54, 1.807) is 18.4 Å². The van der Waals surface area contributed by atoms with Crippen molar-refractivity contribution in [3.63, 3.8) is 0 Å². The average Bonchev–Trinajstić information content (AvgIpc) is 2.56. The second-order valence-corrected chi connectivity index (χ2v) is 7.28. The molecule has 0 aliphatic heterocycles. The van der Waals surface area contributed by atoms with Gasteiger partial charge in [-0.25, -0.2) is 4.98 Å². The molecule has 1 aromatic heterocycles. The van der Waals surface area contributed by atoms with E-state index < -0.39 is 0 Å². The van der Waals surface area contributed by atoms with E-state index in [1.165, 1.54) is 10.6 Å². The summed E-state index contributed by atoms with van der Waals surface area (Å²) in [5, 5.41) is 4.62. The van der Waals surface area contributed by atoms with Crippen molar-refractivity contribution in [1.29, 1.82) is 0 Å². The van der Waals surface area contributed by atoms with Crippen molar-refractivity contribution in [2.45, 2.75) is 59.7 Å². The van der Waals surface area contributed by atoms with Crippen LogP contribution in [0.3, 0.4) is 0 Å². The number of hydrogen-bond acceptors (Lipinski definition) is 4. The molecule has 0 unspecified atom stereocenters. The number of aromatic nitrogens is 1. The average molecular weight is 270 g/mol. The minimum Gasteiger partial charge on any atom is -0.378 e. The minimum atomic E-state index is 0.139. The Morgan fingerprint density at radius 1 is 1.33 bits per heavy atom. The molecule has 0 bridgehead atoms. The van der Waals surface area contributed by atoms with Gasteiger partial charge in [0.2, 0.25) is 0 Å². The molecular weight excluding hydrogens is 244 g/mol. The van der Waals surface area contributed by atoms with Gasteiger partial charge in [-0.2, -0.15) is 0 Å². The Bertz CT molecular complexity index is 366. The lowest BCUT2D eigenvalue weighted by Crippen LogP contribution is -2.35. The van der Waals surface area contributed by atoms with Gasteiger partial charge in [0.1, 0.15) is 5.01 Å². The number of nitrogens with zero attached hydrogens (tertiary/aromatic N) is 1. The number of thiazole rings is 1. The van der Waals surface area contributed by atoms with Crippen LogP contribution < -0.4 is 5.32 Å². The SMILES string of the molecule is COCc1nc(CC(C)C)c(CNC(C)(C)C)s1. The summed E-state index contributed by atoms with van der Waals surface area (Å²) in [5.41, 5.74) is 1.37. The summed E-state index contributed by atoms with van der Waals surface area (Å²) in [6.07, 6.45) is 1.04. The van der Waals surface area contributed by atoms with E-state index in [-0.39, 0.29) is 5.54 Å². The van der Waals surface area contributed by atoms with Crippen LogP contribution in [0.15, 0.2) is 0 Å². The predicted octanol–water partition coefficient (Wildman–Crippen LogP) is 3.38. The Morgan fingerprint density at radius 2 is 2.00 bits per heavy atom. The molecule has 0 saturated carbocycles. The fraction of sp³-hybridized carbons (Fsp3) is 0.786. The van der Waals surface area contributed by atoms with Gasteiger partial charge >= 0.3 is 0 Å². The highest BCUT2D eigenvalue weighted by Gasteiger charge is 2.15. The highest BCUT2D eigenvalue weighted by molar-refractivity contribution is 7.11. The lowest BCUT2D eigenvalue weighted by Gasteiger charge is -2.20. The van der Waals surface area contributed by atoms with Gasteiger partial charge in [0.25, 0.3) is 0 Å². The van der Waals surface area contributed by atoms with E-state index in [0.29, 0.717) is 12.5 Å². The molecular formula is C14H26N2OS. The molecule has 0 fully saturated rings. The molecule has 3 nitrogen and oxygen atoms in total. The van der Waals surface area contributed by atoms with E-state index in [1.807, 2.05) is 0 Å². The standard InChI is InChI=1S/C14H26N2OS/c1-10(2)7-11-12(8-15-14(3,4)5)18-13(16-11)9-17-6/h10,15H,7-9H2,1-6H3. The Morgan fingerprint density at radius 3 is 2.50 bits per heavy atom. The van der Waals surface area contributed by atoms with Gasteiger partial charge in [-0.05, 0) is 33.1 Å². The normalized spacial score (nSPS) is 12.4. The molecule has 1 heterocycles. The van der Waals surface area contributed by atoms with E-state index in [0.717, 1.165) is 18.0 Å².